The molecule has 1 N–H and O–H groups in total. The second-order valence-corrected chi connectivity index (χ2v) is 8.32. The van der Waals surface area contributed by atoms with Gasteiger partial charge in [-0.25, -0.2) is 4.68 Å². The maximum Gasteiger partial charge on any atom is 0.256 e. The first-order chi connectivity index (χ1) is 15.7. The molecule has 0 radical (unpaired) electrons. The lowest BCUT2D eigenvalue weighted by Gasteiger charge is -2.36. The van der Waals surface area contributed by atoms with Crippen LogP contribution in [-0.4, -0.2) is 51.5 Å². The van der Waals surface area contributed by atoms with E-state index in [1.54, 1.807) is 24.4 Å². The minimum atomic E-state index is -0.188. The second-order valence-electron chi connectivity index (χ2n) is 8.32. The summed E-state index contributed by atoms with van der Waals surface area (Å²) in [7, 11) is 0. The zero-order valence-corrected chi connectivity index (χ0v) is 18.1. The second kappa shape index (κ2) is 9.00. The number of likely N-dealkylation sites (tertiary alicyclic amines) is 1. The summed E-state index contributed by atoms with van der Waals surface area (Å²) in [6.07, 6.45) is 6.52. The smallest absolute Gasteiger partial charge is 0.256 e. The molecule has 2 aliphatic rings. The average molecular weight is 434 g/mol. The van der Waals surface area contributed by atoms with Gasteiger partial charge in [-0.3, -0.25) is 9.78 Å². The number of benzene rings is 1. The molecular formula is C24H27N5O3. The van der Waals surface area contributed by atoms with E-state index < -0.39 is 0 Å². The number of nitrogens with one attached hydrogen (secondary N) is 1. The Morgan fingerprint density at radius 2 is 1.97 bits per heavy atom. The molecule has 5 rings (SSSR count). The van der Waals surface area contributed by atoms with Crippen LogP contribution in [-0.2, 0) is 6.42 Å². The van der Waals surface area contributed by atoms with Gasteiger partial charge in [-0.15, -0.1) is 0 Å². The number of ether oxygens (including phenoxy) is 2. The predicted molar refractivity (Wildman–Crippen MR) is 120 cm³/mol. The summed E-state index contributed by atoms with van der Waals surface area (Å²) >= 11 is 0. The number of amides is 1. The summed E-state index contributed by atoms with van der Waals surface area (Å²) in [5, 5.41) is 7.52. The van der Waals surface area contributed by atoms with Gasteiger partial charge in [0.2, 0.25) is 6.79 Å². The molecule has 1 aromatic carbocycles. The fraction of sp³-hybridized carbons (Fsp3) is 0.375. The number of carbonyl (C=O) groups excluding carboxylic acids is 1. The summed E-state index contributed by atoms with van der Waals surface area (Å²) in [5.74, 6) is 1.79. The van der Waals surface area contributed by atoms with Crippen molar-refractivity contribution >= 4 is 11.7 Å². The van der Waals surface area contributed by atoms with Gasteiger partial charge in [-0.05, 0) is 50.1 Å². The lowest BCUT2D eigenvalue weighted by Crippen LogP contribution is -2.41. The van der Waals surface area contributed by atoms with Gasteiger partial charge in [-0.1, -0.05) is 6.07 Å². The first kappa shape index (κ1) is 20.5. The van der Waals surface area contributed by atoms with Crippen LogP contribution in [0, 0.1) is 0 Å². The Kier molecular flexibility index (Phi) is 5.77. The SMILES string of the molecule is C[C@H](Cc1ccccn1)N1CCC(n2nccc2NC(=O)c2ccc3c(c2)OCO3)CC1. The number of nitrogens with zero attached hydrogens (tertiary/aromatic N) is 4. The third-order valence-electron chi connectivity index (χ3n) is 6.25. The molecule has 8 nitrogen and oxygen atoms in total. The Bertz CT molecular complexity index is 1080. The lowest BCUT2D eigenvalue weighted by molar-refractivity contribution is 0.102. The van der Waals surface area contributed by atoms with Gasteiger partial charge in [0.1, 0.15) is 5.82 Å². The van der Waals surface area contributed by atoms with Crippen molar-refractivity contribution in [1.29, 1.82) is 0 Å². The monoisotopic (exact) mass is 433 g/mol. The Hall–Kier alpha value is -3.39. The number of hydrogen-bond donors (Lipinski definition) is 1. The van der Waals surface area contributed by atoms with E-state index in [1.165, 1.54) is 0 Å². The van der Waals surface area contributed by atoms with Crippen molar-refractivity contribution in [2.75, 3.05) is 25.2 Å². The molecule has 0 bridgehead atoms. The van der Waals surface area contributed by atoms with Crippen molar-refractivity contribution in [2.24, 2.45) is 0 Å². The third-order valence-corrected chi connectivity index (χ3v) is 6.25. The van der Waals surface area contributed by atoms with Crippen LogP contribution in [0.1, 0.15) is 41.9 Å². The Morgan fingerprint density at radius 3 is 2.78 bits per heavy atom. The molecule has 166 valence electrons. The highest BCUT2D eigenvalue weighted by Gasteiger charge is 2.26. The van der Waals surface area contributed by atoms with Gasteiger partial charge < -0.3 is 19.7 Å². The van der Waals surface area contributed by atoms with Gasteiger partial charge >= 0.3 is 0 Å². The molecule has 4 heterocycles. The van der Waals surface area contributed by atoms with Crippen molar-refractivity contribution in [3.05, 3.63) is 66.1 Å². The summed E-state index contributed by atoms with van der Waals surface area (Å²) in [4.78, 5) is 19.8. The number of anilines is 1. The minimum Gasteiger partial charge on any atom is -0.454 e. The average Bonchev–Trinajstić information content (AvgIpc) is 3.48. The first-order valence-corrected chi connectivity index (χ1v) is 11.1. The van der Waals surface area contributed by atoms with Gasteiger partial charge in [-0.2, -0.15) is 5.10 Å². The van der Waals surface area contributed by atoms with Crippen LogP contribution in [0.4, 0.5) is 5.82 Å². The maximum absolute atomic E-state index is 12.8. The number of pyridine rings is 1. The summed E-state index contributed by atoms with van der Waals surface area (Å²) in [6.45, 7) is 4.44. The summed E-state index contributed by atoms with van der Waals surface area (Å²) in [6, 6.07) is 13.8. The van der Waals surface area contributed by atoms with Crippen molar-refractivity contribution < 1.29 is 14.3 Å². The minimum absolute atomic E-state index is 0.187. The highest BCUT2D eigenvalue weighted by atomic mass is 16.7. The van der Waals surface area contributed by atoms with E-state index in [0.717, 1.165) is 38.0 Å². The molecule has 1 fully saturated rings. The van der Waals surface area contributed by atoms with Crippen molar-refractivity contribution in [2.45, 2.75) is 38.3 Å². The van der Waals surface area contributed by atoms with Crippen LogP contribution in [0.25, 0.3) is 0 Å². The van der Waals surface area contributed by atoms with Gasteiger partial charge in [0, 0.05) is 49.1 Å². The lowest BCUT2D eigenvalue weighted by atomic mass is 10.0. The van der Waals surface area contributed by atoms with Crippen LogP contribution in [0.3, 0.4) is 0 Å². The molecule has 0 aliphatic carbocycles. The van der Waals surface area contributed by atoms with Crippen LogP contribution >= 0.6 is 0 Å². The topological polar surface area (TPSA) is 81.5 Å². The standard InChI is InChI=1S/C24H27N5O3/c1-17(14-19-4-2-3-10-25-19)28-12-8-20(9-13-28)29-23(7-11-26-29)27-24(30)18-5-6-21-22(15-18)32-16-31-21/h2-7,10-11,15,17,20H,8-9,12-14,16H2,1H3,(H,27,30)/t17-/m1/s1. The zero-order valence-electron chi connectivity index (χ0n) is 18.1. The fourth-order valence-electron chi connectivity index (χ4n) is 4.45. The molecule has 2 aromatic heterocycles. The Morgan fingerprint density at radius 1 is 1.12 bits per heavy atom. The summed E-state index contributed by atoms with van der Waals surface area (Å²) in [5.41, 5.74) is 1.66. The zero-order chi connectivity index (χ0) is 21.9. The van der Waals surface area contributed by atoms with Crippen LogP contribution < -0.4 is 14.8 Å². The largest absolute Gasteiger partial charge is 0.454 e. The molecule has 32 heavy (non-hydrogen) atoms. The Labute approximate surface area is 187 Å². The van der Waals surface area contributed by atoms with Crippen LogP contribution in [0.5, 0.6) is 11.5 Å². The normalized spacial score (nSPS) is 17.3. The van der Waals surface area contributed by atoms with E-state index in [4.69, 9.17) is 9.47 Å². The van der Waals surface area contributed by atoms with Crippen LogP contribution in [0.15, 0.2) is 54.9 Å². The molecule has 8 heteroatoms. The molecule has 3 aromatic rings. The van der Waals surface area contributed by atoms with E-state index in [9.17, 15) is 4.79 Å². The van der Waals surface area contributed by atoms with E-state index in [1.807, 2.05) is 29.1 Å². The van der Waals surface area contributed by atoms with E-state index in [2.05, 4.69) is 33.3 Å². The number of fused-ring (bicyclic) bond motifs is 1. The molecule has 0 unspecified atom stereocenters. The van der Waals surface area contributed by atoms with E-state index in [0.29, 0.717) is 28.9 Å². The molecule has 1 amide bonds. The van der Waals surface area contributed by atoms with Gasteiger partial charge in [0.25, 0.3) is 5.91 Å². The number of rotatable bonds is 6. The van der Waals surface area contributed by atoms with Crippen molar-refractivity contribution in [3.8, 4) is 11.5 Å². The molecule has 0 saturated carbocycles. The highest BCUT2D eigenvalue weighted by Crippen LogP contribution is 2.33. The fourth-order valence-corrected chi connectivity index (χ4v) is 4.45. The number of carbonyl (C=O) groups is 1. The number of hydrogen-bond acceptors (Lipinski definition) is 6. The predicted octanol–water partition coefficient (Wildman–Crippen LogP) is 3.53. The molecule has 2 aliphatic heterocycles. The Balaban J connectivity index is 1.19. The highest BCUT2D eigenvalue weighted by molar-refractivity contribution is 6.04. The molecule has 1 atom stereocenters. The van der Waals surface area contributed by atoms with Crippen molar-refractivity contribution in [1.82, 2.24) is 19.7 Å². The summed E-state index contributed by atoms with van der Waals surface area (Å²) < 4.78 is 12.7. The van der Waals surface area contributed by atoms with Gasteiger partial charge in [0.15, 0.2) is 11.5 Å². The van der Waals surface area contributed by atoms with E-state index in [-0.39, 0.29) is 18.7 Å². The van der Waals surface area contributed by atoms with Crippen molar-refractivity contribution in [3.63, 3.8) is 0 Å². The molecular weight excluding hydrogens is 406 g/mol. The first-order valence-electron chi connectivity index (χ1n) is 11.1. The third kappa shape index (κ3) is 4.31. The quantitative estimate of drug-likeness (QED) is 0.641. The van der Waals surface area contributed by atoms with E-state index >= 15 is 0 Å². The number of piperidine rings is 1. The number of aromatic nitrogens is 3. The van der Waals surface area contributed by atoms with Crippen LogP contribution in [0.2, 0.25) is 0 Å². The van der Waals surface area contributed by atoms with Gasteiger partial charge in [0.05, 0.1) is 12.2 Å². The molecule has 0 spiro atoms. The molecule has 1 saturated heterocycles. The maximum atomic E-state index is 12.8.